The van der Waals surface area contributed by atoms with Crippen LogP contribution < -0.4 is 5.32 Å². The standard InChI is InChI=1S/C65H114N8O12/c1-25-28-29-43(15)58(78)57-52(75)34-46(27-3)61(81)67(18)36-54(77)71(22)56(42(14)26-2)53(76)35-47(40(10)11)62(82)68(19)48(30-37(4)5)51(74)33-44(16)59(79)66-45(17)60(80)69(20)49(31-38(6)7)63(83)70(21)50(32-39(8)9)64(84)72(23)55(41(12)13)65(85)73(57)24/h25,28,37-50,55-58,78H,26-27,29-36H2,1-24H3,(H,66,79)/b28-25+. The van der Waals surface area contributed by atoms with Crippen molar-refractivity contribution >= 4 is 64.6 Å². The lowest BCUT2D eigenvalue weighted by molar-refractivity contribution is -0.157. The summed E-state index contributed by atoms with van der Waals surface area (Å²) in [5.41, 5.74) is 0. The molecule has 0 aromatic heterocycles. The maximum atomic E-state index is 15.2. The summed E-state index contributed by atoms with van der Waals surface area (Å²) in [6.07, 6.45) is 2.83. The highest BCUT2D eigenvalue weighted by Gasteiger charge is 2.46. The summed E-state index contributed by atoms with van der Waals surface area (Å²) in [7, 11) is 10.2. The predicted octanol–water partition coefficient (Wildman–Crippen LogP) is 6.54. The average Bonchev–Trinajstić information content (AvgIpc) is 3.49. The third kappa shape index (κ3) is 21.4. The van der Waals surface area contributed by atoms with Crippen LogP contribution in [0.2, 0.25) is 0 Å². The molecule has 0 spiro atoms. The molecule has 13 unspecified atom stereocenters. The second-order valence-corrected chi connectivity index (χ2v) is 26.7. The van der Waals surface area contributed by atoms with Crippen molar-refractivity contribution in [2.75, 3.05) is 55.9 Å². The Bertz CT molecular complexity index is 2320. The Morgan fingerprint density at radius 1 is 0.518 bits per heavy atom. The van der Waals surface area contributed by atoms with Gasteiger partial charge in [-0.15, -0.1) is 0 Å². The zero-order valence-electron chi connectivity index (χ0n) is 56.7. The largest absolute Gasteiger partial charge is 0.390 e. The molecule has 0 radical (unpaired) electrons. The van der Waals surface area contributed by atoms with Gasteiger partial charge in [-0.25, -0.2) is 0 Å². The van der Waals surface area contributed by atoms with Gasteiger partial charge in [0.15, 0.2) is 17.3 Å². The normalized spacial score (nSPS) is 27.5. The van der Waals surface area contributed by atoms with Gasteiger partial charge in [0, 0.05) is 86.3 Å². The third-order valence-corrected chi connectivity index (χ3v) is 17.5. The number of allylic oxidation sites excluding steroid dienone is 2. The van der Waals surface area contributed by atoms with Crippen molar-refractivity contribution in [1.82, 2.24) is 39.6 Å². The molecule has 1 fully saturated rings. The van der Waals surface area contributed by atoms with Crippen molar-refractivity contribution < 1.29 is 57.8 Å². The lowest BCUT2D eigenvalue weighted by Crippen LogP contribution is -2.61. The van der Waals surface area contributed by atoms with Gasteiger partial charge in [0.2, 0.25) is 47.3 Å². The summed E-state index contributed by atoms with van der Waals surface area (Å²) >= 11 is 0. The Hall–Kier alpha value is -5.53. The molecule has 20 heteroatoms. The number of carbonyl (C=O) groups is 11. The van der Waals surface area contributed by atoms with Crippen molar-refractivity contribution in [3.05, 3.63) is 12.2 Å². The van der Waals surface area contributed by atoms with E-state index in [9.17, 15) is 48.3 Å². The maximum absolute atomic E-state index is 15.2. The zero-order chi connectivity index (χ0) is 66.0. The highest BCUT2D eigenvalue weighted by molar-refractivity contribution is 5.99. The molecule has 0 saturated carbocycles. The second kappa shape index (κ2) is 35.3. The van der Waals surface area contributed by atoms with Crippen molar-refractivity contribution in [1.29, 1.82) is 0 Å². The minimum Gasteiger partial charge on any atom is -0.390 e. The molecule has 1 heterocycles. The SMILES string of the molecule is C/C=C/CC(C)C(O)C1C(=O)CC(CC)C(=O)N(C)CC(=O)N(C)C(C(C)CC)C(=O)CC(C(C)C)C(=O)N(C)C(CC(C)C)C(=O)CC(C)C(=O)NC(C)C(=O)N(C)C(CC(C)C)C(=O)N(C)C(CC(C)C)C(=O)N(C)C(C(C)C)C(=O)N1C. The van der Waals surface area contributed by atoms with Gasteiger partial charge in [0.05, 0.1) is 24.7 Å². The molecule has 0 bridgehead atoms. The van der Waals surface area contributed by atoms with Gasteiger partial charge in [-0.05, 0) is 87.4 Å². The monoisotopic (exact) mass is 1200 g/mol. The van der Waals surface area contributed by atoms with Crippen LogP contribution in [0, 0.1) is 59.2 Å². The summed E-state index contributed by atoms with van der Waals surface area (Å²) in [6, 6.07) is -8.10. The molecule has 0 aromatic carbocycles. The molecule has 13 atom stereocenters. The first-order chi connectivity index (χ1) is 39.3. The van der Waals surface area contributed by atoms with Crippen molar-refractivity contribution in [2.45, 2.75) is 224 Å². The predicted molar refractivity (Wildman–Crippen MR) is 332 cm³/mol. The fourth-order valence-corrected chi connectivity index (χ4v) is 11.7. The van der Waals surface area contributed by atoms with Gasteiger partial charge in [0.25, 0.3) is 0 Å². The lowest BCUT2D eigenvalue weighted by atomic mass is 9.83. The fraction of sp³-hybridized carbons (Fsp3) is 0.800. The minimum absolute atomic E-state index is 0.0654. The van der Waals surface area contributed by atoms with Gasteiger partial charge in [-0.2, -0.15) is 0 Å². The number of aliphatic hydroxyl groups excluding tert-OH is 1. The number of carbonyl (C=O) groups excluding carboxylic acids is 11. The highest BCUT2D eigenvalue weighted by Crippen LogP contribution is 2.29. The number of hydrogen-bond donors (Lipinski definition) is 2. The lowest BCUT2D eigenvalue weighted by Gasteiger charge is -2.41. The van der Waals surface area contributed by atoms with Gasteiger partial charge in [-0.1, -0.05) is 122 Å². The number of ketones is 3. The van der Waals surface area contributed by atoms with Crippen LogP contribution in [0.25, 0.3) is 0 Å². The first-order valence-corrected chi connectivity index (χ1v) is 31.3. The summed E-state index contributed by atoms with van der Waals surface area (Å²) in [5, 5.41) is 14.9. The van der Waals surface area contributed by atoms with E-state index in [2.05, 4.69) is 5.32 Å². The first-order valence-electron chi connectivity index (χ1n) is 31.3. The van der Waals surface area contributed by atoms with Gasteiger partial charge in [0.1, 0.15) is 30.2 Å². The molecule has 1 aliphatic heterocycles. The van der Waals surface area contributed by atoms with Crippen LogP contribution in [-0.2, 0) is 52.7 Å². The van der Waals surface area contributed by atoms with E-state index in [0.29, 0.717) is 12.8 Å². The molecule has 8 amide bonds. The number of nitrogens with zero attached hydrogens (tertiary/aromatic N) is 7. The second-order valence-electron chi connectivity index (χ2n) is 26.7. The summed E-state index contributed by atoms with van der Waals surface area (Å²) < 4.78 is 0. The molecule has 1 saturated heterocycles. The van der Waals surface area contributed by atoms with E-state index in [4.69, 9.17) is 0 Å². The molecule has 0 aliphatic carbocycles. The smallest absolute Gasteiger partial charge is 0.246 e. The van der Waals surface area contributed by atoms with Crippen LogP contribution in [0.15, 0.2) is 12.2 Å². The van der Waals surface area contributed by atoms with Crippen LogP contribution >= 0.6 is 0 Å². The molecular formula is C65H114N8O12. The average molecular weight is 1200 g/mol. The Morgan fingerprint density at radius 2 is 0.976 bits per heavy atom. The van der Waals surface area contributed by atoms with Crippen molar-refractivity contribution in [3.63, 3.8) is 0 Å². The molecule has 0 aromatic rings. The number of rotatable bonds is 15. The van der Waals surface area contributed by atoms with Crippen LogP contribution in [0.4, 0.5) is 0 Å². The number of nitrogens with one attached hydrogen (secondary N) is 1. The summed E-state index contributed by atoms with van der Waals surface area (Å²) in [6.45, 7) is 30.1. The molecule has 486 valence electrons. The van der Waals surface area contributed by atoms with Gasteiger partial charge in [-0.3, -0.25) is 52.7 Å². The van der Waals surface area contributed by atoms with Gasteiger partial charge < -0.3 is 44.7 Å². The number of aliphatic hydroxyl groups is 1. The molecule has 2 N–H and O–H groups in total. The summed E-state index contributed by atoms with van der Waals surface area (Å²) in [4.78, 5) is 170. The molecular weight excluding hydrogens is 1080 g/mol. The zero-order valence-corrected chi connectivity index (χ0v) is 56.7. The molecule has 85 heavy (non-hydrogen) atoms. The van der Waals surface area contributed by atoms with E-state index in [1.54, 1.807) is 40.7 Å². The minimum atomic E-state index is -1.49. The topological polar surface area (TPSA) is 243 Å². The fourth-order valence-electron chi connectivity index (χ4n) is 11.7. The highest BCUT2D eigenvalue weighted by atomic mass is 16.3. The Kier molecular flexibility index (Phi) is 32.2. The van der Waals surface area contributed by atoms with Crippen LogP contribution in [0.3, 0.4) is 0 Å². The van der Waals surface area contributed by atoms with E-state index >= 15 is 9.59 Å². The molecule has 1 rings (SSSR count). The van der Waals surface area contributed by atoms with Gasteiger partial charge >= 0.3 is 0 Å². The number of hydrogen-bond acceptors (Lipinski definition) is 12. The number of likely N-dealkylation sites (N-methyl/N-ethyl adjacent to an activating group) is 7. The van der Waals surface area contributed by atoms with E-state index in [1.807, 2.05) is 82.2 Å². The van der Waals surface area contributed by atoms with Crippen LogP contribution in [0.5, 0.6) is 0 Å². The van der Waals surface area contributed by atoms with Crippen molar-refractivity contribution in [2.24, 2.45) is 59.2 Å². The summed E-state index contributed by atoms with van der Waals surface area (Å²) in [5.74, 6) is -11.0. The van der Waals surface area contributed by atoms with E-state index in [1.165, 1.54) is 85.7 Å². The molecule has 20 nitrogen and oxygen atoms in total. The Morgan fingerprint density at radius 3 is 1.44 bits per heavy atom. The molecule has 1 aliphatic rings. The van der Waals surface area contributed by atoms with E-state index in [0.717, 1.165) is 4.90 Å². The Balaban J connectivity index is 4.33. The quantitative estimate of drug-likeness (QED) is 0.166. The number of Topliss-reactive ketones (excluding diaryl/α,β-unsaturated/α-hetero) is 3. The van der Waals surface area contributed by atoms with Crippen LogP contribution in [0.1, 0.15) is 175 Å². The van der Waals surface area contributed by atoms with Crippen molar-refractivity contribution in [3.8, 4) is 0 Å². The van der Waals surface area contributed by atoms with E-state index in [-0.39, 0.29) is 79.7 Å². The van der Waals surface area contributed by atoms with Crippen LogP contribution in [-0.4, -0.2) is 208 Å². The van der Waals surface area contributed by atoms with E-state index < -0.39 is 144 Å². The third-order valence-electron chi connectivity index (χ3n) is 17.5. The Labute approximate surface area is 511 Å². The maximum Gasteiger partial charge on any atom is 0.246 e. The number of amides is 8. The first kappa shape index (κ1) is 77.5.